The highest BCUT2D eigenvalue weighted by Crippen LogP contribution is 2.34. The van der Waals surface area contributed by atoms with Crippen molar-refractivity contribution in [1.82, 2.24) is 10.2 Å². The van der Waals surface area contributed by atoms with Crippen molar-refractivity contribution in [2.24, 2.45) is 5.92 Å². The van der Waals surface area contributed by atoms with Gasteiger partial charge in [0.2, 0.25) is 0 Å². The summed E-state index contributed by atoms with van der Waals surface area (Å²) in [5.74, 6) is 1.07. The lowest BCUT2D eigenvalue weighted by Gasteiger charge is -2.46. The second-order valence-electron chi connectivity index (χ2n) is 5.84. The van der Waals surface area contributed by atoms with E-state index in [9.17, 15) is 10.2 Å². The van der Waals surface area contributed by atoms with Crippen LogP contribution in [0, 0.1) is 5.92 Å². The number of phenolic OH excluding ortho intramolecular Hbond substituents is 2. The zero-order valence-electron chi connectivity index (χ0n) is 11.3. The molecule has 3 heterocycles. The fourth-order valence-electron chi connectivity index (χ4n) is 3.54. The summed E-state index contributed by atoms with van der Waals surface area (Å²) >= 11 is 0. The van der Waals surface area contributed by atoms with Crippen molar-refractivity contribution in [3.8, 4) is 11.5 Å². The zero-order chi connectivity index (χ0) is 13.4. The molecule has 4 heteroatoms. The molecule has 3 fully saturated rings. The highest BCUT2D eigenvalue weighted by Gasteiger charge is 2.35. The fourth-order valence-corrected chi connectivity index (χ4v) is 3.54. The quantitative estimate of drug-likeness (QED) is 0.778. The van der Waals surface area contributed by atoms with E-state index in [2.05, 4.69) is 10.2 Å². The molecule has 104 valence electrons. The Morgan fingerprint density at radius 1 is 1.21 bits per heavy atom. The Kier molecular flexibility index (Phi) is 3.37. The van der Waals surface area contributed by atoms with Crippen molar-refractivity contribution >= 4 is 0 Å². The smallest absolute Gasteiger partial charge is 0.124 e. The summed E-state index contributed by atoms with van der Waals surface area (Å²) in [6.07, 6.45) is 2.52. The number of nitrogens with zero attached hydrogens (tertiary/aromatic N) is 1. The Bertz CT molecular complexity index is 435. The number of rotatable bonds is 3. The van der Waals surface area contributed by atoms with Gasteiger partial charge in [0, 0.05) is 18.6 Å². The van der Waals surface area contributed by atoms with Gasteiger partial charge in [-0.15, -0.1) is 0 Å². The molecule has 1 aromatic carbocycles. The maximum Gasteiger partial charge on any atom is 0.124 e. The number of phenols is 2. The number of benzene rings is 1. The van der Waals surface area contributed by atoms with Crippen molar-refractivity contribution in [3.05, 3.63) is 23.8 Å². The number of piperidine rings is 3. The molecule has 2 unspecified atom stereocenters. The van der Waals surface area contributed by atoms with Gasteiger partial charge in [0.1, 0.15) is 11.5 Å². The molecule has 4 rings (SSSR count). The van der Waals surface area contributed by atoms with E-state index in [4.69, 9.17) is 0 Å². The van der Waals surface area contributed by atoms with E-state index in [1.807, 2.05) is 6.92 Å². The zero-order valence-corrected chi connectivity index (χ0v) is 11.3. The van der Waals surface area contributed by atoms with Gasteiger partial charge < -0.3 is 20.4 Å². The molecule has 19 heavy (non-hydrogen) atoms. The molecule has 1 aromatic rings. The first-order valence-electron chi connectivity index (χ1n) is 7.14. The van der Waals surface area contributed by atoms with E-state index in [1.54, 1.807) is 18.2 Å². The van der Waals surface area contributed by atoms with Crippen LogP contribution in [0.3, 0.4) is 0 Å². The van der Waals surface area contributed by atoms with Crippen LogP contribution in [0.4, 0.5) is 0 Å². The summed E-state index contributed by atoms with van der Waals surface area (Å²) < 4.78 is 0. The number of fused-ring (bicyclic) bond motifs is 3. The van der Waals surface area contributed by atoms with E-state index >= 15 is 0 Å². The van der Waals surface area contributed by atoms with Gasteiger partial charge in [-0.3, -0.25) is 0 Å². The summed E-state index contributed by atoms with van der Waals surface area (Å²) in [6, 6.07) is 5.35. The molecule has 0 amide bonds. The van der Waals surface area contributed by atoms with Crippen LogP contribution in [-0.4, -0.2) is 40.8 Å². The number of nitrogens with one attached hydrogen (secondary N) is 1. The molecule has 0 aromatic heterocycles. The van der Waals surface area contributed by atoms with E-state index in [1.165, 1.54) is 25.9 Å². The molecule has 2 atom stereocenters. The fraction of sp³-hybridized carbons (Fsp3) is 0.600. The van der Waals surface area contributed by atoms with Gasteiger partial charge in [0.15, 0.2) is 0 Å². The summed E-state index contributed by atoms with van der Waals surface area (Å²) in [6.45, 7) is 5.54. The van der Waals surface area contributed by atoms with Crippen LogP contribution in [0.2, 0.25) is 0 Å². The monoisotopic (exact) mass is 262 g/mol. The van der Waals surface area contributed by atoms with Crippen molar-refractivity contribution in [2.75, 3.05) is 19.6 Å². The first kappa shape index (κ1) is 12.8. The highest BCUT2D eigenvalue weighted by molar-refractivity contribution is 5.45. The average molecular weight is 262 g/mol. The lowest BCUT2D eigenvalue weighted by molar-refractivity contribution is 0.0677. The van der Waals surface area contributed by atoms with Crippen molar-refractivity contribution < 1.29 is 10.2 Å². The molecule has 3 aliphatic heterocycles. The predicted molar refractivity (Wildman–Crippen MR) is 74.3 cm³/mol. The minimum atomic E-state index is -0.0354. The van der Waals surface area contributed by atoms with Gasteiger partial charge in [-0.2, -0.15) is 0 Å². The van der Waals surface area contributed by atoms with Crippen molar-refractivity contribution in [1.29, 1.82) is 0 Å². The molecule has 0 aliphatic carbocycles. The molecule has 3 N–H and O–H groups in total. The molecule has 3 aliphatic rings. The average Bonchev–Trinajstić information content (AvgIpc) is 2.40. The standard InChI is InChI=1S/C15H22N2O2/c1-10(15-13(18)3-2-4-14(15)19)16-12-9-17-7-5-11(12)6-8-17/h2-4,10-12,16,18-19H,5-9H2,1H3. The van der Waals surface area contributed by atoms with Crippen molar-refractivity contribution in [2.45, 2.75) is 31.8 Å². The SMILES string of the molecule is CC(NC1CN2CCC1CC2)c1c(O)cccc1O. The van der Waals surface area contributed by atoms with Crippen LogP contribution >= 0.6 is 0 Å². The number of hydrogen-bond donors (Lipinski definition) is 3. The lowest BCUT2D eigenvalue weighted by atomic mass is 9.83. The van der Waals surface area contributed by atoms with Crippen LogP contribution < -0.4 is 5.32 Å². The molecular formula is C15H22N2O2. The maximum absolute atomic E-state index is 9.91. The second kappa shape index (κ2) is 5.02. The normalized spacial score (nSPS) is 31.3. The van der Waals surface area contributed by atoms with Crippen LogP contribution in [0.15, 0.2) is 18.2 Å². The summed E-state index contributed by atoms with van der Waals surface area (Å²) in [4.78, 5) is 2.50. The second-order valence-corrected chi connectivity index (χ2v) is 5.84. The Hall–Kier alpha value is -1.26. The molecular weight excluding hydrogens is 240 g/mol. The highest BCUT2D eigenvalue weighted by atomic mass is 16.3. The largest absolute Gasteiger partial charge is 0.507 e. The molecule has 3 saturated heterocycles. The minimum absolute atomic E-state index is 0.0354. The summed E-state index contributed by atoms with van der Waals surface area (Å²) in [7, 11) is 0. The molecule has 0 radical (unpaired) electrons. The van der Waals surface area contributed by atoms with Crippen LogP contribution in [0.25, 0.3) is 0 Å². The lowest BCUT2D eigenvalue weighted by Crippen LogP contribution is -2.56. The third kappa shape index (κ3) is 2.42. The van der Waals surface area contributed by atoms with Crippen LogP contribution in [0.5, 0.6) is 11.5 Å². The first-order valence-corrected chi connectivity index (χ1v) is 7.14. The van der Waals surface area contributed by atoms with E-state index < -0.39 is 0 Å². The third-order valence-electron chi connectivity index (χ3n) is 4.61. The number of aromatic hydroxyl groups is 2. The third-order valence-corrected chi connectivity index (χ3v) is 4.61. The topological polar surface area (TPSA) is 55.7 Å². The molecule has 4 nitrogen and oxygen atoms in total. The minimum Gasteiger partial charge on any atom is -0.507 e. The summed E-state index contributed by atoms with van der Waals surface area (Å²) in [5, 5.41) is 23.4. The molecule has 0 saturated carbocycles. The Morgan fingerprint density at radius 2 is 1.84 bits per heavy atom. The van der Waals surface area contributed by atoms with Gasteiger partial charge >= 0.3 is 0 Å². The molecule has 2 bridgehead atoms. The first-order chi connectivity index (χ1) is 9.15. The van der Waals surface area contributed by atoms with E-state index in [0.29, 0.717) is 11.6 Å². The summed E-state index contributed by atoms with van der Waals surface area (Å²) in [5.41, 5.74) is 0.610. The van der Waals surface area contributed by atoms with Gasteiger partial charge in [0.05, 0.1) is 5.56 Å². The van der Waals surface area contributed by atoms with Crippen LogP contribution in [0.1, 0.15) is 31.4 Å². The van der Waals surface area contributed by atoms with E-state index in [0.717, 1.165) is 12.5 Å². The van der Waals surface area contributed by atoms with Gasteiger partial charge in [-0.1, -0.05) is 6.07 Å². The van der Waals surface area contributed by atoms with E-state index in [-0.39, 0.29) is 17.5 Å². The number of hydrogen-bond acceptors (Lipinski definition) is 4. The Labute approximate surface area is 114 Å². The maximum atomic E-state index is 9.91. The van der Waals surface area contributed by atoms with Gasteiger partial charge in [-0.05, 0) is 50.9 Å². The Morgan fingerprint density at radius 3 is 2.37 bits per heavy atom. The predicted octanol–water partition coefficient (Wildman–Crippen LogP) is 1.84. The Balaban J connectivity index is 1.73. The van der Waals surface area contributed by atoms with Gasteiger partial charge in [-0.25, -0.2) is 0 Å². The van der Waals surface area contributed by atoms with Gasteiger partial charge in [0.25, 0.3) is 0 Å². The van der Waals surface area contributed by atoms with Crippen LogP contribution in [-0.2, 0) is 0 Å². The molecule has 0 spiro atoms. The van der Waals surface area contributed by atoms with Crippen molar-refractivity contribution in [3.63, 3.8) is 0 Å².